The van der Waals surface area contributed by atoms with Crippen LogP contribution in [-0.2, 0) is 12.0 Å². The van der Waals surface area contributed by atoms with E-state index in [4.69, 9.17) is 10.3 Å². The molecule has 0 aliphatic rings. The fourth-order valence-corrected chi connectivity index (χ4v) is 1.76. The Kier molecular flexibility index (Phi) is 4.47. The zero-order valence-electron chi connectivity index (χ0n) is 10.8. The molecule has 1 aromatic heterocycles. The van der Waals surface area contributed by atoms with Gasteiger partial charge in [-0.2, -0.15) is 4.98 Å². The number of nitrogens with zero attached hydrogens (tertiary/aromatic N) is 2. The van der Waals surface area contributed by atoms with Gasteiger partial charge in [0.1, 0.15) is 0 Å². The minimum Gasteiger partial charge on any atom is -0.339 e. The molecule has 0 saturated heterocycles. The third-order valence-corrected chi connectivity index (χ3v) is 3.26. The number of aryl methyl sites for hydroxylation is 1. The molecule has 4 nitrogen and oxygen atoms in total. The molecule has 1 aromatic rings. The van der Waals surface area contributed by atoms with Crippen LogP contribution < -0.4 is 5.73 Å². The molecular weight excluding hydrogens is 202 g/mol. The average molecular weight is 225 g/mol. The van der Waals surface area contributed by atoms with Crippen molar-refractivity contribution < 1.29 is 4.52 Å². The van der Waals surface area contributed by atoms with Crippen LogP contribution in [-0.4, -0.2) is 10.1 Å². The molecule has 0 spiro atoms. The highest BCUT2D eigenvalue weighted by atomic mass is 16.5. The minimum atomic E-state index is -0.438. The minimum absolute atomic E-state index is 0.438. The number of nitrogens with two attached hydrogens (primary N) is 1. The molecule has 0 aliphatic heterocycles. The molecule has 0 amide bonds. The van der Waals surface area contributed by atoms with Gasteiger partial charge in [-0.3, -0.25) is 0 Å². The smallest absolute Gasteiger partial charge is 0.226 e. The van der Waals surface area contributed by atoms with Gasteiger partial charge in [0.15, 0.2) is 5.82 Å². The van der Waals surface area contributed by atoms with Crippen LogP contribution in [0.4, 0.5) is 0 Å². The summed E-state index contributed by atoms with van der Waals surface area (Å²) in [6.45, 7) is 8.45. The summed E-state index contributed by atoms with van der Waals surface area (Å²) in [7, 11) is 0. The summed E-state index contributed by atoms with van der Waals surface area (Å²) in [4.78, 5) is 4.36. The van der Waals surface area contributed by atoms with Crippen molar-refractivity contribution >= 4 is 0 Å². The van der Waals surface area contributed by atoms with Crippen molar-refractivity contribution in [2.45, 2.75) is 58.9 Å². The lowest BCUT2D eigenvalue weighted by Gasteiger charge is -2.27. The van der Waals surface area contributed by atoms with Crippen LogP contribution in [0.3, 0.4) is 0 Å². The summed E-state index contributed by atoms with van der Waals surface area (Å²) in [6.07, 6.45) is 3.62. The molecule has 1 rings (SSSR count). The molecule has 1 heterocycles. The Morgan fingerprint density at radius 3 is 2.50 bits per heavy atom. The summed E-state index contributed by atoms with van der Waals surface area (Å²) in [5, 5.41) is 4.01. The maximum absolute atomic E-state index is 6.38. The lowest BCUT2D eigenvalue weighted by Crippen LogP contribution is -2.38. The highest BCUT2D eigenvalue weighted by Crippen LogP contribution is 2.28. The van der Waals surface area contributed by atoms with Crippen molar-refractivity contribution in [1.82, 2.24) is 10.1 Å². The lowest BCUT2D eigenvalue weighted by atomic mass is 9.85. The van der Waals surface area contributed by atoms with Gasteiger partial charge < -0.3 is 10.3 Å². The topological polar surface area (TPSA) is 64.9 Å². The molecule has 92 valence electrons. The van der Waals surface area contributed by atoms with Gasteiger partial charge >= 0.3 is 0 Å². The SMILES string of the molecule is CCc1nc(C(N)(CC)CC(C)CC)no1. The molecular formula is C12H23N3O. The maximum Gasteiger partial charge on any atom is 0.226 e. The van der Waals surface area contributed by atoms with E-state index in [1.807, 2.05) is 6.92 Å². The van der Waals surface area contributed by atoms with Gasteiger partial charge in [0.2, 0.25) is 5.89 Å². The van der Waals surface area contributed by atoms with Crippen molar-refractivity contribution in [1.29, 1.82) is 0 Å². The molecule has 2 atom stereocenters. The zero-order valence-corrected chi connectivity index (χ0v) is 10.8. The van der Waals surface area contributed by atoms with E-state index in [2.05, 4.69) is 30.9 Å². The van der Waals surface area contributed by atoms with Gasteiger partial charge in [0.05, 0.1) is 5.54 Å². The number of aromatic nitrogens is 2. The monoisotopic (exact) mass is 225 g/mol. The first kappa shape index (κ1) is 13.2. The van der Waals surface area contributed by atoms with E-state index in [0.717, 1.165) is 25.7 Å². The largest absolute Gasteiger partial charge is 0.339 e. The first-order chi connectivity index (χ1) is 7.55. The number of hydrogen-bond acceptors (Lipinski definition) is 4. The van der Waals surface area contributed by atoms with E-state index in [1.54, 1.807) is 0 Å². The lowest BCUT2D eigenvalue weighted by molar-refractivity contribution is 0.288. The summed E-state index contributed by atoms with van der Waals surface area (Å²) < 4.78 is 5.14. The average Bonchev–Trinajstić information content (AvgIpc) is 2.77. The van der Waals surface area contributed by atoms with Crippen molar-refractivity contribution in [3.63, 3.8) is 0 Å². The second-order valence-electron chi connectivity index (χ2n) is 4.59. The molecule has 0 fully saturated rings. The maximum atomic E-state index is 6.38. The van der Waals surface area contributed by atoms with Crippen molar-refractivity contribution in [2.75, 3.05) is 0 Å². The highest BCUT2D eigenvalue weighted by molar-refractivity contribution is 5.04. The van der Waals surface area contributed by atoms with E-state index in [9.17, 15) is 0 Å². The molecule has 2 N–H and O–H groups in total. The Morgan fingerprint density at radius 2 is 2.06 bits per heavy atom. The zero-order chi connectivity index (χ0) is 12.2. The van der Waals surface area contributed by atoms with Gasteiger partial charge in [0, 0.05) is 6.42 Å². The van der Waals surface area contributed by atoms with Crippen molar-refractivity contribution in [3.8, 4) is 0 Å². The van der Waals surface area contributed by atoms with E-state index >= 15 is 0 Å². The molecule has 0 bridgehead atoms. The van der Waals surface area contributed by atoms with Crippen molar-refractivity contribution in [2.24, 2.45) is 11.7 Å². The summed E-state index contributed by atoms with van der Waals surface area (Å²) >= 11 is 0. The van der Waals surface area contributed by atoms with Crippen LogP contribution in [0.25, 0.3) is 0 Å². The Balaban J connectivity index is 2.86. The van der Waals surface area contributed by atoms with Crippen LogP contribution in [0.1, 0.15) is 58.7 Å². The molecule has 0 aromatic carbocycles. The molecule has 0 aliphatic carbocycles. The number of hydrogen-bond donors (Lipinski definition) is 1. The van der Waals surface area contributed by atoms with Gasteiger partial charge in [-0.05, 0) is 18.8 Å². The first-order valence-corrected chi connectivity index (χ1v) is 6.17. The second-order valence-corrected chi connectivity index (χ2v) is 4.59. The molecule has 0 radical (unpaired) electrons. The molecule has 16 heavy (non-hydrogen) atoms. The Morgan fingerprint density at radius 1 is 1.38 bits per heavy atom. The quantitative estimate of drug-likeness (QED) is 0.808. The normalized spacial score (nSPS) is 17.1. The van der Waals surface area contributed by atoms with E-state index in [0.29, 0.717) is 17.6 Å². The summed E-state index contributed by atoms with van der Waals surface area (Å²) in [5.41, 5.74) is 5.94. The first-order valence-electron chi connectivity index (χ1n) is 6.17. The Hall–Kier alpha value is -0.900. The van der Waals surface area contributed by atoms with Gasteiger partial charge in [0.25, 0.3) is 0 Å². The summed E-state index contributed by atoms with van der Waals surface area (Å²) in [6, 6.07) is 0. The molecule has 2 unspecified atom stereocenters. The number of rotatable bonds is 6. The Labute approximate surface area is 97.6 Å². The van der Waals surface area contributed by atoms with Crippen molar-refractivity contribution in [3.05, 3.63) is 11.7 Å². The van der Waals surface area contributed by atoms with Crippen LogP contribution in [0.5, 0.6) is 0 Å². The fourth-order valence-electron chi connectivity index (χ4n) is 1.76. The van der Waals surface area contributed by atoms with Gasteiger partial charge in [-0.15, -0.1) is 0 Å². The standard InChI is InChI=1S/C12H23N3O/c1-5-9(4)8-12(13,7-3)11-14-10(6-2)16-15-11/h9H,5-8,13H2,1-4H3. The second kappa shape index (κ2) is 5.43. The van der Waals surface area contributed by atoms with E-state index < -0.39 is 5.54 Å². The highest BCUT2D eigenvalue weighted by Gasteiger charge is 2.32. The Bertz CT molecular complexity index is 324. The summed E-state index contributed by atoms with van der Waals surface area (Å²) in [5.74, 6) is 1.91. The predicted molar refractivity (Wildman–Crippen MR) is 63.9 cm³/mol. The van der Waals surface area contributed by atoms with E-state index in [1.165, 1.54) is 0 Å². The predicted octanol–water partition coefficient (Wildman–Crippen LogP) is 2.63. The van der Waals surface area contributed by atoms with Crippen LogP contribution in [0.15, 0.2) is 4.52 Å². The fraction of sp³-hybridized carbons (Fsp3) is 0.833. The third-order valence-electron chi connectivity index (χ3n) is 3.26. The van der Waals surface area contributed by atoms with Crippen LogP contribution >= 0.6 is 0 Å². The van der Waals surface area contributed by atoms with E-state index in [-0.39, 0.29) is 0 Å². The molecule has 0 saturated carbocycles. The van der Waals surface area contributed by atoms with Gasteiger partial charge in [-0.25, -0.2) is 0 Å². The van der Waals surface area contributed by atoms with Crippen LogP contribution in [0.2, 0.25) is 0 Å². The van der Waals surface area contributed by atoms with Gasteiger partial charge in [-0.1, -0.05) is 39.3 Å². The van der Waals surface area contributed by atoms with Crippen LogP contribution in [0, 0.1) is 5.92 Å². The molecule has 4 heteroatoms. The third kappa shape index (κ3) is 2.82.